The number of hydrogen-bond donors (Lipinski definition) is 1. The predicted molar refractivity (Wildman–Crippen MR) is 59.4 cm³/mol. The average Bonchev–Trinajstić information content (AvgIpc) is 1.96. The molecule has 0 amide bonds. The topological polar surface area (TPSA) is 26.0 Å². The molecule has 1 aromatic rings. The van der Waals surface area contributed by atoms with Crippen LogP contribution in [0.4, 0.5) is 0 Å². The fourth-order valence-electron chi connectivity index (χ4n) is 1.03. The first-order valence-electron chi connectivity index (χ1n) is 3.63. The van der Waals surface area contributed by atoms with E-state index in [-0.39, 0.29) is 0 Å². The van der Waals surface area contributed by atoms with Crippen molar-refractivity contribution in [1.29, 1.82) is 0 Å². The molecule has 3 heteroatoms. The van der Waals surface area contributed by atoms with E-state index < -0.39 is 0 Å². The standard InChI is InChI=1S/C9H10BrNS/c1-6-2-3-8(10)7(4-6)5-9(11)12/h2-4H,5H2,1H3,(H2,11,12). The first kappa shape index (κ1) is 9.68. The summed E-state index contributed by atoms with van der Waals surface area (Å²) in [5.41, 5.74) is 7.84. The maximum Gasteiger partial charge on any atom is 0.0772 e. The van der Waals surface area contributed by atoms with Crippen molar-refractivity contribution in [2.24, 2.45) is 5.73 Å². The number of benzene rings is 1. The second kappa shape index (κ2) is 4.01. The van der Waals surface area contributed by atoms with Gasteiger partial charge in [-0.25, -0.2) is 0 Å². The Labute approximate surface area is 86.1 Å². The number of nitrogens with two attached hydrogens (primary N) is 1. The van der Waals surface area contributed by atoms with Crippen molar-refractivity contribution in [3.8, 4) is 0 Å². The SMILES string of the molecule is Cc1ccc(Br)c(CC(N)=S)c1. The maximum atomic E-state index is 5.45. The van der Waals surface area contributed by atoms with Crippen molar-refractivity contribution >= 4 is 33.1 Å². The van der Waals surface area contributed by atoms with Gasteiger partial charge in [0.2, 0.25) is 0 Å². The summed E-state index contributed by atoms with van der Waals surface area (Å²) in [5, 5.41) is 0. The van der Waals surface area contributed by atoms with Crippen LogP contribution >= 0.6 is 28.1 Å². The molecule has 0 heterocycles. The third-order valence-electron chi connectivity index (χ3n) is 1.57. The lowest BCUT2D eigenvalue weighted by Gasteiger charge is -2.03. The van der Waals surface area contributed by atoms with E-state index in [0.29, 0.717) is 11.4 Å². The van der Waals surface area contributed by atoms with Crippen molar-refractivity contribution in [2.75, 3.05) is 0 Å². The van der Waals surface area contributed by atoms with E-state index in [0.717, 1.165) is 10.0 Å². The maximum absolute atomic E-state index is 5.45. The summed E-state index contributed by atoms with van der Waals surface area (Å²) in [7, 11) is 0. The first-order valence-corrected chi connectivity index (χ1v) is 4.83. The third-order valence-corrected chi connectivity index (χ3v) is 2.48. The summed E-state index contributed by atoms with van der Waals surface area (Å²) >= 11 is 8.28. The molecule has 1 aromatic carbocycles. The van der Waals surface area contributed by atoms with Gasteiger partial charge in [-0.1, -0.05) is 45.8 Å². The lowest BCUT2D eigenvalue weighted by atomic mass is 10.1. The smallest absolute Gasteiger partial charge is 0.0772 e. The Balaban J connectivity index is 2.97. The fourth-order valence-corrected chi connectivity index (χ4v) is 1.57. The van der Waals surface area contributed by atoms with Gasteiger partial charge in [0.15, 0.2) is 0 Å². The molecule has 12 heavy (non-hydrogen) atoms. The first-order chi connectivity index (χ1) is 5.59. The molecule has 0 saturated heterocycles. The molecule has 0 bridgehead atoms. The highest BCUT2D eigenvalue weighted by atomic mass is 79.9. The molecular formula is C9H10BrNS. The molecule has 0 aliphatic heterocycles. The summed E-state index contributed by atoms with van der Waals surface area (Å²) in [6.45, 7) is 2.05. The Bertz CT molecular complexity index is 309. The minimum absolute atomic E-state index is 0.529. The van der Waals surface area contributed by atoms with Gasteiger partial charge in [-0.2, -0.15) is 0 Å². The van der Waals surface area contributed by atoms with Crippen LogP contribution in [0.5, 0.6) is 0 Å². The van der Waals surface area contributed by atoms with Crippen LogP contribution < -0.4 is 5.73 Å². The molecule has 0 spiro atoms. The zero-order valence-corrected chi connectivity index (χ0v) is 9.21. The van der Waals surface area contributed by atoms with Crippen LogP contribution in [0.3, 0.4) is 0 Å². The molecule has 1 rings (SSSR count). The van der Waals surface area contributed by atoms with Gasteiger partial charge >= 0.3 is 0 Å². The molecule has 2 N–H and O–H groups in total. The Kier molecular flexibility index (Phi) is 3.23. The lowest BCUT2D eigenvalue weighted by molar-refractivity contribution is 1.27. The van der Waals surface area contributed by atoms with Gasteiger partial charge in [0, 0.05) is 10.9 Å². The van der Waals surface area contributed by atoms with Crippen molar-refractivity contribution in [1.82, 2.24) is 0 Å². The van der Waals surface area contributed by atoms with Gasteiger partial charge in [0.25, 0.3) is 0 Å². The van der Waals surface area contributed by atoms with Crippen LogP contribution in [-0.2, 0) is 6.42 Å². The Morgan fingerprint density at radius 1 is 1.58 bits per heavy atom. The predicted octanol–water partition coefficient (Wildman–Crippen LogP) is 2.59. The highest BCUT2D eigenvalue weighted by Crippen LogP contribution is 2.18. The number of thiocarbonyl (C=S) groups is 1. The molecule has 1 nitrogen and oxygen atoms in total. The second-order valence-electron chi connectivity index (χ2n) is 2.74. The molecule has 0 unspecified atom stereocenters. The van der Waals surface area contributed by atoms with Crippen LogP contribution in [0.15, 0.2) is 22.7 Å². The summed E-state index contributed by atoms with van der Waals surface area (Å²) in [4.78, 5) is 0.529. The van der Waals surface area contributed by atoms with Gasteiger partial charge in [0.05, 0.1) is 4.99 Å². The van der Waals surface area contributed by atoms with Crippen LogP contribution in [-0.4, -0.2) is 4.99 Å². The zero-order valence-electron chi connectivity index (χ0n) is 6.80. The largest absolute Gasteiger partial charge is 0.393 e. The summed E-state index contributed by atoms with van der Waals surface area (Å²) in [5.74, 6) is 0. The Morgan fingerprint density at radius 3 is 2.83 bits per heavy atom. The van der Waals surface area contributed by atoms with Crippen molar-refractivity contribution in [3.05, 3.63) is 33.8 Å². The number of hydrogen-bond acceptors (Lipinski definition) is 1. The third kappa shape index (κ3) is 2.57. The fraction of sp³-hybridized carbons (Fsp3) is 0.222. The monoisotopic (exact) mass is 243 g/mol. The molecule has 0 aliphatic carbocycles. The summed E-state index contributed by atoms with van der Waals surface area (Å²) in [6.07, 6.45) is 0.664. The molecule has 0 atom stereocenters. The van der Waals surface area contributed by atoms with Gasteiger partial charge < -0.3 is 5.73 Å². The van der Waals surface area contributed by atoms with Gasteiger partial charge in [0.1, 0.15) is 0 Å². The zero-order chi connectivity index (χ0) is 9.14. The molecule has 0 fully saturated rings. The van der Waals surface area contributed by atoms with Crippen molar-refractivity contribution in [3.63, 3.8) is 0 Å². The highest BCUT2D eigenvalue weighted by Gasteiger charge is 2.00. The van der Waals surface area contributed by atoms with E-state index in [1.54, 1.807) is 0 Å². The average molecular weight is 244 g/mol. The Morgan fingerprint density at radius 2 is 2.25 bits per heavy atom. The van der Waals surface area contributed by atoms with Gasteiger partial charge in [-0.3, -0.25) is 0 Å². The highest BCUT2D eigenvalue weighted by molar-refractivity contribution is 9.10. The number of rotatable bonds is 2. The lowest BCUT2D eigenvalue weighted by Crippen LogP contribution is -2.11. The van der Waals surface area contributed by atoms with Gasteiger partial charge in [-0.15, -0.1) is 0 Å². The van der Waals surface area contributed by atoms with Crippen molar-refractivity contribution in [2.45, 2.75) is 13.3 Å². The van der Waals surface area contributed by atoms with E-state index >= 15 is 0 Å². The summed E-state index contributed by atoms with van der Waals surface area (Å²) < 4.78 is 1.07. The minimum Gasteiger partial charge on any atom is -0.393 e. The normalized spacial score (nSPS) is 9.83. The summed E-state index contributed by atoms with van der Waals surface area (Å²) in [6, 6.07) is 6.15. The van der Waals surface area contributed by atoms with E-state index in [2.05, 4.69) is 28.9 Å². The quantitative estimate of drug-likeness (QED) is 0.809. The van der Waals surface area contributed by atoms with Crippen LogP contribution in [0, 0.1) is 6.92 Å². The number of halogens is 1. The molecule has 0 radical (unpaired) electrons. The van der Waals surface area contributed by atoms with Crippen molar-refractivity contribution < 1.29 is 0 Å². The molecule has 0 aromatic heterocycles. The molecule has 0 saturated carbocycles. The van der Waals surface area contributed by atoms with Crippen LogP contribution in [0.1, 0.15) is 11.1 Å². The van der Waals surface area contributed by atoms with E-state index in [1.807, 2.05) is 12.1 Å². The molecule has 64 valence electrons. The van der Waals surface area contributed by atoms with E-state index in [1.165, 1.54) is 5.56 Å². The number of aryl methyl sites for hydroxylation is 1. The van der Waals surface area contributed by atoms with Crippen LogP contribution in [0.2, 0.25) is 0 Å². The van der Waals surface area contributed by atoms with Crippen LogP contribution in [0.25, 0.3) is 0 Å². The van der Waals surface area contributed by atoms with E-state index in [9.17, 15) is 0 Å². The van der Waals surface area contributed by atoms with E-state index in [4.69, 9.17) is 18.0 Å². The second-order valence-corrected chi connectivity index (χ2v) is 4.12. The molecule has 0 aliphatic rings. The Hall–Kier alpha value is -0.410. The minimum atomic E-state index is 0.529. The molecular weight excluding hydrogens is 234 g/mol. The van der Waals surface area contributed by atoms with Gasteiger partial charge in [-0.05, 0) is 18.6 Å².